The van der Waals surface area contributed by atoms with E-state index in [1.165, 1.54) is 6.26 Å². The molecule has 27 heavy (non-hydrogen) atoms. The van der Waals surface area contributed by atoms with E-state index in [2.05, 4.69) is 0 Å². The largest absolute Gasteiger partial charge is 0.467 e. The maximum absolute atomic E-state index is 12.2. The summed E-state index contributed by atoms with van der Waals surface area (Å²) < 4.78 is 10.3. The molecule has 0 bridgehead atoms. The van der Waals surface area contributed by atoms with Gasteiger partial charge in [-0.2, -0.15) is 0 Å². The van der Waals surface area contributed by atoms with Crippen LogP contribution in [0.25, 0.3) is 0 Å². The number of hydrogen-bond donors (Lipinski definition) is 1. The van der Waals surface area contributed by atoms with Crippen molar-refractivity contribution in [1.29, 1.82) is 0 Å². The zero-order chi connectivity index (χ0) is 19.4. The molecule has 146 valence electrons. The molecule has 0 aliphatic carbocycles. The molecule has 3 amide bonds. The van der Waals surface area contributed by atoms with Crippen molar-refractivity contribution < 1.29 is 28.3 Å². The molecule has 2 aliphatic rings. The number of rotatable bonds is 6. The Morgan fingerprint density at radius 1 is 1.22 bits per heavy atom. The third-order valence-corrected chi connectivity index (χ3v) is 5.06. The molecule has 1 aromatic heterocycles. The summed E-state index contributed by atoms with van der Waals surface area (Å²) in [5, 5.41) is 0. The van der Waals surface area contributed by atoms with Crippen LogP contribution in [0.1, 0.15) is 25.0 Å². The predicted molar refractivity (Wildman–Crippen MR) is 91.7 cm³/mol. The summed E-state index contributed by atoms with van der Waals surface area (Å²) in [4.78, 5) is 50.7. The van der Waals surface area contributed by atoms with E-state index in [9.17, 15) is 19.2 Å². The molecular formula is C18H23N3O6. The SMILES string of the molecule is NC(=O)C1CCN(C(=O)COC(=O)[C@H]2CC(=O)N(Cc3ccco3)C2)CC1. The number of nitrogens with zero attached hydrogens (tertiary/aromatic N) is 2. The molecule has 1 aromatic rings. The fourth-order valence-corrected chi connectivity index (χ4v) is 3.43. The van der Waals surface area contributed by atoms with Crippen LogP contribution in [0, 0.1) is 11.8 Å². The van der Waals surface area contributed by atoms with Gasteiger partial charge in [0, 0.05) is 32.0 Å². The van der Waals surface area contributed by atoms with Gasteiger partial charge in [-0.3, -0.25) is 19.2 Å². The molecule has 9 heteroatoms. The lowest BCUT2D eigenvalue weighted by atomic mass is 9.96. The van der Waals surface area contributed by atoms with Crippen LogP contribution in [0.5, 0.6) is 0 Å². The normalized spacial score (nSPS) is 20.7. The van der Waals surface area contributed by atoms with Crippen molar-refractivity contribution in [2.24, 2.45) is 17.6 Å². The van der Waals surface area contributed by atoms with Crippen molar-refractivity contribution in [1.82, 2.24) is 9.80 Å². The Bertz CT molecular complexity index is 709. The average Bonchev–Trinajstić information content (AvgIpc) is 3.30. The number of esters is 1. The van der Waals surface area contributed by atoms with Gasteiger partial charge in [-0.25, -0.2) is 0 Å². The van der Waals surface area contributed by atoms with Gasteiger partial charge in [-0.15, -0.1) is 0 Å². The Labute approximate surface area is 156 Å². The number of piperidine rings is 1. The molecule has 0 aromatic carbocycles. The van der Waals surface area contributed by atoms with Gasteiger partial charge in [0.2, 0.25) is 11.8 Å². The maximum Gasteiger partial charge on any atom is 0.311 e. The second kappa shape index (κ2) is 8.24. The summed E-state index contributed by atoms with van der Waals surface area (Å²) >= 11 is 0. The number of hydrogen-bond acceptors (Lipinski definition) is 6. The third-order valence-electron chi connectivity index (χ3n) is 5.06. The molecule has 9 nitrogen and oxygen atoms in total. The lowest BCUT2D eigenvalue weighted by Crippen LogP contribution is -2.43. The Balaban J connectivity index is 1.42. The number of ether oxygens (including phenoxy) is 1. The van der Waals surface area contributed by atoms with Crippen molar-refractivity contribution >= 4 is 23.7 Å². The minimum atomic E-state index is -0.583. The van der Waals surface area contributed by atoms with Crippen LogP contribution in [-0.4, -0.2) is 59.7 Å². The first-order valence-electron chi connectivity index (χ1n) is 8.98. The Kier molecular flexibility index (Phi) is 5.78. The second-order valence-electron chi connectivity index (χ2n) is 6.92. The van der Waals surface area contributed by atoms with E-state index in [-0.39, 0.29) is 43.2 Å². The summed E-state index contributed by atoms with van der Waals surface area (Å²) in [6.45, 7) is 1.04. The second-order valence-corrected chi connectivity index (χ2v) is 6.92. The van der Waals surface area contributed by atoms with Gasteiger partial charge in [0.25, 0.3) is 5.91 Å². The number of likely N-dealkylation sites (tertiary alicyclic amines) is 2. The minimum Gasteiger partial charge on any atom is -0.467 e. The van der Waals surface area contributed by atoms with E-state index >= 15 is 0 Å². The van der Waals surface area contributed by atoms with Crippen LogP contribution in [0.3, 0.4) is 0 Å². The fraction of sp³-hybridized carbons (Fsp3) is 0.556. The summed E-state index contributed by atoms with van der Waals surface area (Å²) in [5.41, 5.74) is 5.27. The lowest BCUT2D eigenvalue weighted by Gasteiger charge is -2.30. The molecule has 2 fully saturated rings. The maximum atomic E-state index is 12.2. The summed E-state index contributed by atoms with van der Waals surface area (Å²) in [7, 11) is 0. The molecule has 0 spiro atoms. The lowest BCUT2D eigenvalue weighted by molar-refractivity contribution is -0.155. The predicted octanol–water partition coefficient (Wildman–Crippen LogP) is -0.105. The highest BCUT2D eigenvalue weighted by Crippen LogP contribution is 2.22. The smallest absolute Gasteiger partial charge is 0.311 e. The topological polar surface area (TPSA) is 123 Å². The first-order valence-corrected chi connectivity index (χ1v) is 8.98. The molecule has 2 saturated heterocycles. The van der Waals surface area contributed by atoms with Gasteiger partial charge in [0.15, 0.2) is 6.61 Å². The van der Waals surface area contributed by atoms with Gasteiger partial charge in [0.05, 0.1) is 18.7 Å². The van der Waals surface area contributed by atoms with E-state index in [0.717, 1.165) is 0 Å². The van der Waals surface area contributed by atoms with Crippen LogP contribution in [0.2, 0.25) is 0 Å². The van der Waals surface area contributed by atoms with Crippen molar-refractivity contribution in [2.45, 2.75) is 25.8 Å². The highest BCUT2D eigenvalue weighted by molar-refractivity contribution is 5.88. The molecule has 3 heterocycles. The Morgan fingerprint density at radius 3 is 2.59 bits per heavy atom. The minimum absolute atomic E-state index is 0.0672. The first-order chi connectivity index (χ1) is 12.9. The van der Waals surface area contributed by atoms with E-state index in [1.807, 2.05) is 0 Å². The van der Waals surface area contributed by atoms with Crippen LogP contribution >= 0.6 is 0 Å². The Morgan fingerprint density at radius 2 is 1.96 bits per heavy atom. The van der Waals surface area contributed by atoms with Crippen molar-refractivity contribution in [3.05, 3.63) is 24.2 Å². The van der Waals surface area contributed by atoms with E-state index in [0.29, 0.717) is 38.2 Å². The number of carbonyl (C=O) groups excluding carboxylic acids is 4. The molecule has 1 atom stereocenters. The zero-order valence-electron chi connectivity index (χ0n) is 15.0. The fourth-order valence-electron chi connectivity index (χ4n) is 3.43. The number of carbonyl (C=O) groups is 4. The average molecular weight is 377 g/mol. The molecule has 0 unspecified atom stereocenters. The molecular weight excluding hydrogens is 354 g/mol. The highest BCUT2D eigenvalue weighted by Gasteiger charge is 2.36. The van der Waals surface area contributed by atoms with Crippen LogP contribution in [0.4, 0.5) is 0 Å². The van der Waals surface area contributed by atoms with Crippen molar-refractivity contribution in [3.63, 3.8) is 0 Å². The standard InChI is InChI=1S/C18H23N3O6/c19-17(24)12-3-5-20(6-4-12)16(23)11-27-18(25)13-8-15(22)21(9-13)10-14-2-1-7-26-14/h1-2,7,12-13H,3-6,8-11H2,(H2,19,24)/t13-/m0/s1. The van der Waals surface area contributed by atoms with Crippen LogP contribution in [-0.2, 0) is 30.5 Å². The summed E-state index contributed by atoms with van der Waals surface area (Å²) in [5.74, 6) is -1.49. The van der Waals surface area contributed by atoms with E-state index in [1.54, 1.807) is 21.9 Å². The number of primary amides is 1. The number of nitrogens with two attached hydrogens (primary N) is 1. The van der Waals surface area contributed by atoms with Crippen molar-refractivity contribution in [3.8, 4) is 0 Å². The van der Waals surface area contributed by atoms with Gasteiger partial charge in [0.1, 0.15) is 5.76 Å². The van der Waals surface area contributed by atoms with Crippen molar-refractivity contribution in [2.75, 3.05) is 26.2 Å². The quantitative estimate of drug-likeness (QED) is 0.690. The molecule has 2 aliphatic heterocycles. The third kappa shape index (κ3) is 4.66. The monoisotopic (exact) mass is 377 g/mol. The van der Waals surface area contributed by atoms with Gasteiger partial charge in [-0.05, 0) is 25.0 Å². The van der Waals surface area contributed by atoms with Crippen LogP contribution < -0.4 is 5.73 Å². The molecule has 0 saturated carbocycles. The van der Waals surface area contributed by atoms with Crippen LogP contribution in [0.15, 0.2) is 22.8 Å². The first kappa shape index (κ1) is 18.9. The summed E-state index contributed by atoms with van der Waals surface area (Å²) in [6.07, 6.45) is 2.64. The van der Waals surface area contributed by atoms with Gasteiger partial charge >= 0.3 is 5.97 Å². The van der Waals surface area contributed by atoms with Gasteiger partial charge < -0.3 is 24.7 Å². The highest BCUT2D eigenvalue weighted by atomic mass is 16.5. The van der Waals surface area contributed by atoms with E-state index < -0.39 is 11.9 Å². The van der Waals surface area contributed by atoms with Gasteiger partial charge in [-0.1, -0.05) is 0 Å². The molecule has 2 N–H and O–H groups in total. The molecule has 3 rings (SSSR count). The zero-order valence-corrected chi connectivity index (χ0v) is 15.0. The molecule has 0 radical (unpaired) electrons. The summed E-state index contributed by atoms with van der Waals surface area (Å²) in [6, 6.07) is 3.50. The number of furan rings is 1. The van der Waals surface area contributed by atoms with E-state index in [4.69, 9.17) is 14.9 Å². The Hall–Kier alpha value is -2.84. The number of amides is 3.